The number of nitrogens with zero attached hydrogens (tertiary/aromatic N) is 2. The first-order valence-electron chi connectivity index (χ1n) is 13.4. The van der Waals surface area contributed by atoms with E-state index in [4.69, 9.17) is 23.2 Å². The van der Waals surface area contributed by atoms with Gasteiger partial charge >= 0.3 is 0 Å². The highest BCUT2D eigenvalue weighted by atomic mass is 35.5. The normalized spacial score (nSPS) is 21.8. The zero-order valence-electron chi connectivity index (χ0n) is 22.3. The molecule has 2 N–H and O–H groups in total. The summed E-state index contributed by atoms with van der Waals surface area (Å²) in [6, 6.07) is 21.6. The monoisotopic (exact) mass is 606 g/mol. The molecule has 41 heavy (non-hydrogen) atoms. The Hall–Kier alpha value is -3.46. The lowest BCUT2D eigenvalue weighted by Crippen LogP contribution is -2.57. The molecule has 3 amide bonds. The average molecular weight is 608 g/mol. The van der Waals surface area contributed by atoms with Crippen LogP contribution in [0.4, 0.5) is 0 Å². The van der Waals surface area contributed by atoms with E-state index in [1.54, 1.807) is 17.0 Å². The molecule has 0 saturated carbocycles. The van der Waals surface area contributed by atoms with E-state index in [0.29, 0.717) is 23.1 Å². The maximum atomic E-state index is 14.8. The van der Waals surface area contributed by atoms with Crippen molar-refractivity contribution >= 4 is 63.6 Å². The van der Waals surface area contributed by atoms with E-state index in [0.717, 1.165) is 26.9 Å². The Morgan fingerprint density at radius 3 is 2.49 bits per heavy atom. The van der Waals surface area contributed by atoms with Crippen molar-refractivity contribution in [2.45, 2.75) is 35.1 Å². The molecule has 7 nitrogen and oxygen atoms in total. The number of amides is 3. The number of aromatic nitrogens is 1. The summed E-state index contributed by atoms with van der Waals surface area (Å²) < 4.78 is -1.24. The number of piperazine rings is 1. The Labute approximate surface area is 252 Å². The maximum absolute atomic E-state index is 14.8. The first kappa shape index (κ1) is 27.7. The molecule has 2 saturated heterocycles. The van der Waals surface area contributed by atoms with Gasteiger partial charge in [-0.3, -0.25) is 14.4 Å². The van der Waals surface area contributed by atoms with E-state index in [2.05, 4.69) is 10.3 Å². The van der Waals surface area contributed by atoms with Gasteiger partial charge in [-0.15, -0.1) is 11.8 Å². The summed E-state index contributed by atoms with van der Waals surface area (Å²) in [6.45, 7) is 2.67. The highest BCUT2D eigenvalue weighted by molar-refractivity contribution is 8.01. The van der Waals surface area contributed by atoms with Gasteiger partial charge in [-0.05, 0) is 48.9 Å². The molecule has 3 aromatic carbocycles. The number of likely N-dealkylation sites (tertiary alicyclic amines) is 1. The SMILES string of the molecule is C[C@@H](c1ccc(Cl)cc1)N1C(=O)CC(Sc2ccccc2)(C(=O)N2CCNC(=O)C2)C1c1c[nH]c2cc(Cl)ccc12. The van der Waals surface area contributed by atoms with Crippen LogP contribution < -0.4 is 5.32 Å². The fourth-order valence-electron chi connectivity index (χ4n) is 5.98. The molecule has 4 aromatic rings. The van der Waals surface area contributed by atoms with Gasteiger partial charge in [0.25, 0.3) is 0 Å². The zero-order chi connectivity index (χ0) is 28.7. The van der Waals surface area contributed by atoms with Crippen LogP contribution in [-0.2, 0) is 14.4 Å². The molecule has 210 valence electrons. The van der Waals surface area contributed by atoms with Crippen molar-refractivity contribution in [2.24, 2.45) is 0 Å². The van der Waals surface area contributed by atoms with E-state index in [9.17, 15) is 14.4 Å². The second-order valence-corrected chi connectivity index (χ2v) is 12.7. The van der Waals surface area contributed by atoms with Crippen LogP contribution in [0.15, 0.2) is 83.9 Å². The number of benzene rings is 3. The van der Waals surface area contributed by atoms with Gasteiger partial charge in [0.2, 0.25) is 17.7 Å². The summed E-state index contributed by atoms with van der Waals surface area (Å²) in [5.74, 6) is -0.578. The summed E-state index contributed by atoms with van der Waals surface area (Å²) >= 11 is 13.9. The smallest absolute Gasteiger partial charge is 0.242 e. The number of fused-ring (bicyclic) bond motifs is 1. The van der Waals surface area contributed by atoms with Crippen molar-refractivity contribution in [3.05, 3.63) is 100 Å². The number of nitrogens with one attached hydrogen (secondary N) is 2. The number of hydrogen-bond donors (Lipinski definition) is 2. The van der Waals surface area contributed by atoms with E-state index in [1.165, 1.54) is 11.8 Å². The molecule has 6 rings (SSSR count). The Morgan fingerprint density at radius 1 is 1.02 bits per heavy atom. The van der Waals surface area contributed by atoms with Crippen LogP contribution in [0.5, 0.6) is 0 Å². The molecule has 2 aliphatic rings. The van der Waals surface area contributed by atoms with Gasteiger partial charge in [0.15, 0.2) is 0 Å². The minimum absolute atomic E-state index is 0.0215. The third-order valence-electron chi connectivity index (χ3n) is 7.89. The molecule has 2 fully saturated rings. The van der Waals surface area contributed by atoms with Crippen LogP contribution in [-0.4, -0.2) is 56.9 Å². The molecule has 3 heterocycles. The van der Waals surface area contributed by atoms with Crippen LogP contribution in [0.1, 0.15) is 36.6 Å². The highest BCUT2D eigenvalue weighted by Crippen LogP contribution is 2.56. The Morgan fingerprint density at radius 2 is 1.76 bits per heavy atom. The molecule has 0 bridgehead atoms. The summed E-state index contributed by atoms with van der Waals surface area (Å²) in [7, 11) is 0. The average Bonchev–Trinajstić information content (AvgIpc) is 3.50. The second kappa shape index (κ2) is 11.1. The molecule has 2 unspecified atom stereocenters. The van der Waals surface area contributed by atoms with Crippen molar-refractivity contribution in [3.8, 4) is 0 Å². The molecular weight excluding hydrogens is 579 g/mol. The Balaban J connectivity index is 1.56. The molecule has 0 radical (unpaired) electrons. The number of carbonyl (C=O) groups excluding carboxylic acids is 3. The van der Waals surface area contributed by atoms with Gasteiger partial charge in [0.1, 0.15) is 4.75 Å². The molecule has 1 aromatic heterocycles. The number of carbonyl (C=O) groups is 3. The molecule has 10 heteroatoms. The third kappa shape index (κ3) is 5.09. The van der Waals surface area contributed by atoms with Crippen molar-refractivity contribution in [1.29, 1.82) is 0 Å². The minimum Gasteiger partial charge on any atom is -0.361 e. The third-order valence-corrected chi connectivity index (χ3v) is 9.79. The first-order valence-corrected chi connectivity index (χ1v) is 15.0. The number of halogens is 2. The van der Waals surface area contributed by atoms with Crippen molar-refractivity contribution < 1.29 is 14.4 Å². The molecular formula is C31H28Cl2N4O3S. The second-order valence-electron chi connectivity index (χ2n) is 10.4. The van der Waals surface area contributed by atoms with Crippen LogP contribution in [0, 0.1) is 0 Å². The minimum atomic E-state index is -1.24. The van der Waals surface area contributed by atoms with Crippen molar-refractivity contribution in [1.82, 2.24) is 20.1 Å². The van der Waals surface area contributed by atoms with E-state index < -0.39 is 10.8 Å². The first-order chi connectivity index (χ1) is 19.8. The number of rotatable bonds is 6. The van der Waals surface area contributed by atoms with Crippen LogP contribution in [0.3, 0.4) is 0 Å². The summed E-state index contributed by atoms with van der Waals surface area (Å²) in [6.07, 6.45) is 1.86. The lowest BCUT2D eigenvalue weighted by molar-refractivity contribution is -0.140. The van der Waals surface area contributed by atoms with Crippen LogP contribution in [0.2, 0.25) is 10.0 Å². The summed E-state index contributed by atoms with van der Waals surface area (Å²) in [5, 5.41) is 4.87. The van der Waals surface area contributed by atoms with Gasteiger partial charge in [-0.2, -0.15) is 0 Å². The number of hydrogen-bond acceptors (Lipinski definition) is 4. The Bertz CT molecular complexity index is 1630. The molecule has 2 aliphatic heterocycles. The molecule has 0 aliphatic carbocycles. The van der Waals surface area contributed by atoms with Gasteiger partial charge < -0.3 is 20.1 Å². The largest absolute Gasteiger partial charge is 0.361 e. The van der Waals surface area contributed by atoms with Gasteiger partial charge in [-0.1, -0.05) is 59.6 Å². The van der Waals surface area contributed by atoms with E-state index >= 15 is 0 Å². The van der Waals surface area contributed by atoms with Crippen molar-refractivity contribution in [2.75, 3.05) is 19.6 Å². The summed E-state index contributed by atoms with van der Waals surface area (Å²) in [4.78, 5) is 49.0. The van der Waals surface area contributed by atoms with Gasteiger partial charge in [0.05, 0.1) is 25.0 Å². The number of aromatic amines is 1. The predicted molar refractivity (Wildman–Crippen MR) is 162 cm³/mol. The predicted octanol–water partition coefficient (Wildman–Crippen LogP) is 6.00. The van der Waals surface area contributed by atoms with Crippen molar-refractivity contribution in [3.63, 3.8) is 0 Å². The maximum Gasteiger partial charge on any atom is 0.242 e. The molecule has 3 atom stereocenters. The van der Waals surface area contributed by atoms with E-state index in [1.807, 2.05) is 78.7 Å². The standard InChI is InChI=1S/C31H28Cl2N4O3S/c1-19(20-7-9-21(32)10-8-20)37-28(39)16-31(41-23-5-3-2-4-6-23,30(40)36-14-13-34-27(38)18-36)29(37)25-17-35-26-15-22(33)11-12-24(25)26/h2-12,15,17,19,29,35H,13-14,16,18H2,1H3,(H,34,38)/t19-,29?,31?/m0/s1. The lowest BCUT2D eigenvalue weighted by atomic mass is 9.89. The molecule has 0 spiro atoms. The lowest BCUT2D eigenvalue weighted by Gasteiger charge is -2.41. The highest BCUT2D eigenvalue weighted by Gasteiger charge is 2.61. The fourth-order valence-corrected chi connectivity index (χ4v) is 7.75. The summed E-state index contributed by atoms with van der Waals surface area (Å²) in [5.41, 5.74) is 2.54. The van der Waals surface area contributed by atoms with Gasteiger partial charge in [0, 0.05) is 50.7 Å². The Kier molecular flexibility index (Phi) is 7.49. The van der Waals surface area contributed by atoms with E-state index in [-0.39, 0.29) is 36.7 Å². The number of thioether (sulfide) groups is 1. The van der Waals surface area contributed by atoms with Crippen LogP contribution in [0.25, 0.3) is 10.9 Å². The zero-order valence-corrected chi connectivity index (χ0v) is 24.6. The quantitative estimate of drug-likeness (QED) is 0.282. The number of H-pyrrole nitrogens is 1. The fraction of sp³-hybridized carbons (Fsp3) is 0.258. The van der Waals surface area contributed by atoms with Crippen LogP contribution >= 0.6 is 35.0 Å². The van der Waals surface area contributed by atoms with Gasteiger partial charge in [-0.25, -0.2) is 0 Å². The topological polar surface area (TPSA) is 85.5 Å².